The number of benzene rings is 1. The van der Waals surface area contributed by atoms with E-state index in [1.165, 1.54) is 0 Å². The Morgan fingerprint density at radius 2 is 2.19 bits per heavy atom. The Kier molecular flexibility index (Phi) is 3.68. The molecule has 3 rings (SSSR count). The molecular formula is C15H17N5O. The molecule has 1 aromatic carbocycles. The van der Waals surface area contributed by atoms with Crippen molar-refractivity contribution in [3.63, 3.8) is 0 Å². The molecule has 0 fully saturated rings. The molecule has 108 valence electrons. The van der Waals surface area contributed by atoms with Crippen LogP contribution in [0.4, 0.5) is 5.82 Å². The molecule has 2 heterocycles. The maximum atomic E-state index is 5.25. The van der Waals surface area contributed by atoms with Crippen LogP contribution in [0.1, 0.15) is 5.82 Å². The number of anilines is 1. The Balaban J connectivity index is 1.76. The van der Waals surface area contributed by atoms with E-state index >= 15 is 0 Å². The lowest BCUT2D eigenvalue weighted by atomic mass is 10.1. The zero-order valence-corrected chi connectivity index (χ0v) is 12.1. The highest BCUT2D eigenvalue weighted by Crippen LogP contribution is 2.25. The van der Waals surface area contributed by atoms with Crippen molar-refractivity contribution in [3.05, 3.63) is 42.6 Å². The van der Waals surface area contributed by atoms with Crippen LogP contribution >= 0.6 is 0 Å². The number of methoxy groups -OCH3 is 1. The normalized spacial score (nSPS) is 10.8. The fourth-order valence-electron chi connectivity index (χ4n) is 2.25. The number of nitrogens with zero attached hydrogens (tertiary/aromatic N) is 4. The number of hydrogen-bond donors (Lipinski definition) is 1. The van der Waals surface area contributed by atoms with Gasteiger partial charge in [-0.2, -0.15) is 0 Å². The minimum atomic E-state index is 0.755. The smallest absolute Gasteiger partial charge is 0.134 e. The Bertz CT molecular complexity index is 753. The summed E-state index contributed by atoms with van der Waals surface area (Å²) in [5.41, 5.74) is 0. The molecule has 0 aliphatic rings. The maximum absolute atomic E-state index is 5.25. The van der Waals surface area contributed by atoms with Crippen LogP contribution in [-0.2, 0) is 13.5 Å². The van der Waals surface area contributed by atoms with E-state index in [1.807, 2.05) is 35.9 Å². The third-order valence-electron chi connectivity index (χ3n) is 3.42. The Morgan fingerprint density at radius 3 is 2.95 bits per heavy atom. The van der Waals surface area contributed by atoms with Gasteiger partial charge in [0.05, 0.1) is 7.11 Å². The van der Waals surface area contributed by atoms with Crippen molar-refractivity contribution < 1.29 is 4.74 Å². The molecule has 0 bridgehead atoms. The fourth-order valence-corrected chi connectivity index (χ4v) is 2.25. The SMILES string of the molecule is COc1ccc2c(NCCc3nncn3C)nccc2c1. The predicted octanol–water partition coefficient (Wildman–Crippen LogP) is 2.03. The van der Waals surface area contributed by atoms with Crippen molar-refractivity contribution in [1.29, 1.82) is 0 Å². The molecule has 0 spiro atoms. The van der Waals surface area contributed by atoms with Crippen molar-refractivity contribution in [2.45, 2.75) is 6.42 Å². The molecule has 0 unspecified atom stereocenters. The summed E-state index contributed by atoms with van der Waals surface area (Å²) in [6.45, 7) is 0.755. The molecule has 1 N–H and O–H groups in total. The summed E-state index contributed by atoms with van der Waals surface area (Å²) >= 11 is 0. The van der Waals surface area contributed by atoms with Gasteiger partial charge in [-0.1, -0.05) is 0 Å². The molecule has 21 heavy (non-hydrogen) atoms. The van der Waals surface area contributed by atoms with Gasteiger partial charge in [0.25, 0.3) is 0 Å². The largest absolute Gasteiger partial charge is 0.497 e. The highest BCUT2D eigenvalue weighted by molar-refractivity contribution is 5.92. The van der Waals surface area contributed by atoms with Gasteiger partial charge in [-0.25, -0.2) is 4.98 Å². The van der Waals surface area contributed by atoms with E-state index in [0.29, 0.717) is 0 Å². The van der Waals surface area contributed by atoms with Gasteiger partial charge in [-0.3, -0.25) is 0 Å². The number of ether oxygens (including phenoxy) is 1. The van der Waals surface area contributed by atoms with Crippen molar-refractivity contribution in [2.24, 2.45) is 7.05 Å². The number of fused-ring (bicyclic) bond motifs is 1. The topological polar surface area (TPSA) is 64.9 Å². The molecule has 0 atom stereocenters. The van der Waals surface area contributed by atoms with E-state index in [4.69, 9.17) is 4.74 Å². The lowest BCUT2D eigenvalue weighted by Crippen LogP contribution is -2.09. The van der Waals surface area contributed by atoms with Crippen LogP contribution in [0.3, 0.4) is 0 Å². The number of aromatic nitrogens is 4. The van der Waals surface area contributed by atoms with Crippen LogP contribution in [0.2, 0.25) is 0 Å². The van der Waals surface area contributed by atoms with E-state index in [0.717, 1.165) is 41.1 Å². The zero-order chi connectivity index (χ0) is 14.7. The Hall–Kier alpha value is -2.63. The standard InChI is InChI=1S/C15H17N5O/c1-20-10-18-19-14(20)6-8-17-15-13-4-3-12(21-2)9-11(13)5-7-16-15/h3-5,7,9-10H,6,8H2,1-2H3,(H,16,17). The lowest BCUT2D eigenvalue weighted by Gasteiger charge is -2.09. The van der Waals surface area contributed by atoms with Gasteiger partial charge >= 0.3 is 0 Å². The number of nitrogens with one attached hydrogen (secondary N) is 1. The van der Waals surface area contributed by atoms with E-state index in [-0.39, 0.29) is 0 Å². The molecule has 0 saturated carbocycles. The third-order valence-corrected chi connectivity index (χ3v) is 3.42. The van der Waals surface area contributed by atoms with Crippen molar-refractivity contribution in [1.82, 2.24) is 19.7 Å². The molecule has 0 aliphatic carbocycles. The summed E-state index contributed by atoms with van der Waals surface area (Å²) in [6.07, 6.45) is 4.30. The summed E-state index contributed by atoms with van der Waals surface area (Å²) in [6, 6.07) is 7.94. The number of hydrogen-bond acceptors (Lipinski definition) is 5. The summed E-state index contributed by atoms with van der Waals surface area (Å²) in [7, 11) is 3.61. The molecule has 6 heteroatoms. The van der Waals surface area contributed by atoms with Crippen molar-refractivity contribution in [3.8, 4) is 5.75 Å². The molecule has 3 aromatic rings. The van der Waals surface area contributed by atoms with Gasteiger partial charge in [0.1, 0.15) is 23.7 Å². The van der Waals surface area contributed by atoms with Crippen LogP contribution < -0.4 is 10.1 Å². The molecule has 0 aliphatic heterocycles. The molecule has 0 radical (unpaired) electrons. The first kappa shape index (κ1) is 13.4. The lowest BCUT2D eigenvalue weighted by molar-refractivity contribution is 0.415. The second-order valence-electron chi connectivity index (χ2n) is 4.78. The second kappa shape index (κ2) is 5.78. The molecule has 0 amide bonds. The van der Waals surface area contributed by atoms with Gasteiger partial charge < -0.3 is 14.6 Å². The van der Waals surface area contributed by atoms with Gasteiger partial charge in [-0.15, -0.1) is 10.2 Å². The first-order valence-electron chi connectivity index (χ1n) is 6.77. The van der Waals surface area contributed by atoms with E-state index < -0.39 is 0 Å². The zero-order valence-electron chi connectivity index (χ0n) is 12.1. The average Bonchev–Trinajstić information content (AvgIpc) is 2.92. The Labute approximate surface area is 122 Å². The summed E-state index contributed by atoms with van der Waals surface area (Å²) in [4.78, 5) is 4.41. The maximum Gasteiger partial charge on any atom is 0.134 e. The highest BCUT2D eigenvalue weighted by Gasteiger charge is 2.05. The minimum Gasteiger partial charge on any atom is -0.497 e. The number of pyridine rings is 1. The van der Waals surface area contributed by atoms with Crippen molar-refractivity contribution in [2.75, 3.05) is 19.0 Å². The first-order chi connectivity index (χ1) is 10.3. The molecule has 6 nitrogen and oxygen atoms in total. The van der Waals surface area contributed by atoms with Crippen LogP contribution in [0, 0.1) is 0 Å². The highest BCUT2D eigenvalue weighted by atomic mass is 16.5. The monoisotopic (exact) mass is 283 g/mol. The predicted molar refractivity (Wildman–Crippen MR) is 81.5 cm³/mol. The van der Waals surface area contributed by atoms with Gasteiger partial charge in [-0.05, 0) is 29.7 Å². The molecule has 0 saturated heterocycles. The van der Waals surface area contributed by atoms with E-state index in [2.05, 4.69) is 20.5 Å². The first-order valence-corrected chi connectivity index (χ1v) is 6.77. The summed E-state index contributed by atoms with van der Waals surface area (Å²) < 4.78 is 7.17. The van der Waals surface area contributed by atoms with Gasteiger partial charge in [0, 0.05) is 31.6 Å². The van der Waals surface area contributed by atoms with Crippen LogP contribution in [0.25, 0.3) is 10.8 Å². The summed E-state index contributed by atoms with van der Waals surface area (Å²) in [5, 5.41) is 13.5. The molecular weight excluding hydrogens is 266 g/mol. The number of aryl methyl sites for hydroxylation is 1. The van der Waals surface area contributed by atoms with E-state index in [9.17, 15) is 0 Å². The molecule has 2 aromatic heterocycles. The van der Waals surface area contributed by atoms with Crippen LogP contribution in [0.15, 0.2) is 36.8 Å². The third kappa shape index (κ3) is 2.79. The minimum absolute atomic E-state index is 0.755. The number of rotatable bonds is 5. The average molecular weight is 283 g/mol. The Morgan fingerprint density at radius 1 is 1.29 bits per heavy atom. The van der Waals surface area contributed by atoms with Gasteiger partial charge in [0.2, 0.25) is 0 Å². The second-order valence-corrected chi connectivity index (χ2v) is 4.78. The van der Waals surface area contributed by atoms with Gasteiger partial charge in [0.15, 0.2) is 0 Å². The fraction of sp³-hybridized carbons (Fsp3) is 0.267. The summed E-state index contributed by atoms with van der Waals surface area (Å²) in [5.74, 6) is 2.67. The van der Waals surface area contributed by atoms with Crippen molar-refractivity contribution >= 4 is 16.6 Å². The quantitative estimate of drug-likeness (QED) is 0.776. The van der Waals surface area contributed by atoms with E-state index in [1.54, 1.807) is 19.6 Å². The van der Waals surface area contributed by atoms with Crippen LogP contribution in [0.5, 0.6) is 5.75 Å². The van der Waals surface area contributed by atoms with Crippen LogP contribution in [-0.4, -0.2) is 33.4 Å².